The van der Waals surface area contributed by atoms with Crippen LogP contribution in [0.15, 0.2) is 36.5 Å². The molecule has 0 aliphatic carbocycles. The van der Waals surface area contributed by atoms with Gasteiger partial charge in [-0.25, -0.2) is 4.98 Å². The molecule has 0 aliphatic heterocycles. The number of carbonyl (C=O) groups is 2. The van der Waals surface area contributed by atoms with Crippen LogP contribution in [0.2, 0.25) is 0 Å². The third-order valence-corrected chi connectivity index (χ3v) is 4.43. The number of thioether (sulfide) groups is 1. The molecule has 0 saturated heterocycles. The van der Waals surface area contributed by atoms with E-state index in [2.05, 4.69) is 10.3 Å². The predicted octanol–water partition coefficient (Wildman–Crippen LogP) is 3.47. The molecule has 1 aromatic carbocycles. The highest BCUT2D eigenvalue weighted by Crippen LogP contribution is 2.25. The first kappa shape index (κ1) is 18.0. The summed E-state index contributed by atoms with van der Waals surface area (Å²) < 4.78 is 5.31. The number of rotatable bonds is 7. The molecule has 6 heteroatoms. The van der Waals surface area contributed by atoms with Gasteiger partial charge in [0.1, 0.15) is 11.6 Å². The Balaban J connectivity index is 1.94. The Kier molecular flexibility index (Phi) is 6.37. The largest absolute Gasteiger partial charge is 0.496 e. The number of amides is 1. The van der Waals surface area contributed by atoms with E-state index in [1.807, 2.05) is 25.1 Å². The molecular formula is C18H20N2O3S. The number of nitrogens with zero attached hydrogens (tertiary/aromatic N) is 1. The van der Waals surface area contributed by atoms with Gasteiger partial charge in [-0.1, -0.05) is 6.07 Å². The first-order valence-electron chi connectivity index (χ1n) is 7.48. The SMILES string of the molecule is COc1ccc(C(C)=O)cc1CSCC(=O)Nc1ncccc1C. The number of hydrogen-bond acceptors (Lipinski definition) is 5. The molecule has 0 bridgehead atoms. The van der Waals surface area contributed by atoms with Crippen molar-refractivity contribution >= 4 is 29.3 Å². The number of benzene rings is 1. The zero-order valence-electron chi connectivity index (χ0n) is 14.0. The lowest BCUT2D eigenvalue weighted by atomic mass is 10.1. The van der Waals surface area contributed by atoms with Crippen LogP contribution in [0.25, 0.3) is 0 Å². The number of nitrogens with one attached hydrogen (secondary N) is 1. The number of ketones is 1. The number of carbonyl (C=O) groups excluding carboxylic acids is 2. The zero-order chi connectivity index (χ0) is 17.5. The number of ether oxygens (including phenoxy) is 1. The van der Waals surface area contributed by atoms with E-state index in [9.17, 15) is 9.59 Å². The molecule has 0 spiro atoms. The highest BCUT2D eigenvalue weighted by Gasteiger charge is 2.10. The monoisotopic (exact) mass is 344 g/mol. The fourth-order valence-corrected chi connectivity index (χ4v) is 2.95. The van der Waals surface area contributed by atoms with Gasteiger partial charge in [0.2, 0.25) is 5.91 Å². The molecule has 1 heterocycles. The summed E-state index contributed by atoms with van der Waals surface area (Å²) in [6, 6.07) is 9.06. The number of anilines is 1. The molecule has 0 saturated carbocycles. The van der Waals surface area contributed by atoms with Crippen molar-refractivity contribution in [2.75, 3.05) is 18.2 Å². The topological polar surface area (TPSA) is 68.3 Å². The summed E-state index contributed by atoms with van der Waals surface area (Å²) in [7, 11) is 1.59. The molecule has 1 amide bonds. The third kappa shape index (κ3) is 4.83. The molecule has 0 aliphatic rings. The van der Waals surface area contributed by atoms with Crippen molar-refractivity contribution in [1.29, 1.82) is 0 Å². The van der Waals surface area contributed by atoms with Crippen molar-refractivity contribution in [2.45, 2.75) is 19.6 Å². The smallest absolute Gasteiger partial charge is 0.235 e. The lowest BCUT2D eigenvalue weighted by molar-refractivity contribution is -0.113. The molecule has 2 rings (SSSR count). The van der Waals surface area contributed by atoms with Crippen molar-refractivity contribution in [3.8, 4) is 5.75 Å². The quantitative estimate of drug-likeness (QED) is 0.779. The predicted molar refractivity (Wildman–Crippen MR) is 96.8 cm³/mol. The minimum Gasteiger partial charge on any atom is -0.496 e. The standard InChI is InChI=1S/C18H20N2O3S/c1-12-5-4-8-19-18(12)20-17(22)11-24-10-15-9-14(13(2)21)6-7-16(15)23-3/h4-9H,10-11H2,1-3H3,(H,19,20,22). The molecule has 0 fully saturated rings. The van der Waals surface area contributed by atoms with Crippen LogP contribution in [0.4, 0.5) is 5.82 Å². The van der Waals surface area contributed by atoms with Gasteiger partial charge in [-0.05, 0) is 43.7 Å². The van der Waals surface area contributed by atoms with Gasteiger partial charge in [-0.3, -0.25) is 9.59 Å². The third-order valence-electron chi connectivity index (χ3n) is 3.44. The molecule has 1 aromatic heterocycles. The highest BCUT2D eigenvalue weighted by atomic mass is 32.2. The van der Waals surface area contributed by atoms with Gasteiger partial charge in [-0.2, -0.15) is 0 Å². The number of aryl methyl sites for hydroxylation is 1. The molecule has 0 atom stereocenters. The van der Waals surface area contributed by atoms with E-state index < -0.39 is 0 Å². The molecule has 24 heavy (non-hydrogen) atoms. The molecule has 0 radical (unpaired) electrons. The summed E-state index contributed by atoms with van der Waals surface area (Å²) in [4.78, 5) is 27.7. The Morgan fingerprint density at radius 3 is 2.75 bits per heavy atom. The summed E-state index contributed by atoms with van der Waals surface area (Å²) in [5.41, 5.74) is 2.46. The first-order chi connectivity index (χ1) is 11.5. The van der Waals surface area contributed by atoms with Gasteiger partial charge in [0.15, 0.2) is 5.78 Å². The molecule has 5 nitrogen and oxygen atoms in total. The summed E-state index contributed by atoms with van der Waals surface area (Å²) in [6.07, 6.45) is 1.65. The summed E-state index contributed by atoms with van der Waals surface area (Å²) in [6.45, 7) is 3.43. The van der Waals surface area contributed by atoms with Crippen LogP contribution in [-0.2, 0) is 10.5 Å². The van der Waals surface area contributed by atoms with Crippen LogP contribution in [0, 0.1) is 6.92 Å². The molecule has 1 N–H and O–H groups in total. The fourth-order valence-electron chi connectivity index (χ4n) is 2.15. The number of hydrogen-bond donors (Lipinski definition) is 1. The first-order valence-corrected chi connectivity index (χ1v) is 8.63. The Bertz CT molecular complexity index is 747. The molecule has 2 aromatic rings. The Labute approximate surface area is 145 Å². The zero-order valence-corrected chi connectivity index (χ0v) is 14.8. The van der Waals surface area contributed by atoms with Gasteiger partial charge in [0.05, 0.1) is 12.9 Å². The Morgan fingerprint density at radius 1 is 1.29 bits per heavy atom. The average Bonchev–Trinajstić information content (AvgIpc) is 2.56. The normalized spacial score (nSPS) is 10.3. The fraction of sp³-hybridized carbons (Fsp3) is 0.278. The average molecular weight is 344 g/mol. The van der Waals surface area contributed by atoms with E-state index in [1.165, 1.54) is 18.7 Å². The van der Waals surface area contributed by atoms with Crippen molar-refractivity contribution in [3.05, 3.63) is 53.2 Å². The second-order valence-corrected chi connectivity index (χ2v) is 6.28. The number of methoxy groups -OCH3 is 1. The number of pyridine rings is 1. The van der Waals surface area contributed by atoms with E-state index in [0.717, 1.165) is 11.1 Å². The molecular weight excluding hydrogens is 324 g/mol. The minimum absolute atomic E-state index is 0.00673. The van der Waals surface area contributed by atoms with E-state index in [1.54, 1.807) is 25.4 Å². The number of aromatic nitrogens is 1. The van der Waals surface area contributed by atoms with Crippen molar-refractivity contribution in [3.63, 3.8) is 0 Å². The van der Waals surface area contributed by atoms with Crippen molar-refractivity contribution < 1.29 is 14.3 Å². The van der Waals surface area contributed by atoms with Crippen LogP contribution in [0.1, 0.15) is 28.4 Å². The number of Topliss-reactive ketones (excluding diaryl/α,β-unsaturated/α-hetero) is 1. The van der Waals surface area contributed by atoms with Crippen molar-refractivity contribution in [2.24, 2.45) is 0 Å². The maximum absolute atomic E-state index is 12.0. The van der Waals surface area contributed by atoms with Gasteiger partial charge in [-0.15, -0.1) is 11.8 Å². The molecule has 126 valence electrons. The lowest BCUT2D eigenvalue weighted by Gasteiger charge is -2.10. The minimum atomic E-state index is -0.108. The van der Waals surface area contributed by atoms with Crippen LogP contribution < -0.4 is 10.1 Å². The van der Waals surface area contributed by atoms with E-state index in [0.29, 0.717) is 28.6 Å². The van der Waals surface area contributed by atoms with Gasteiger partial charge >= 0.3 is 0 Å². The Hall–Kier alpha value is -2.34. The second-order valence-electron chi connectivity index (χ2n) is 5.29. The molecule has 0 unspecified atom stereocenters. The van der Waals surface area contributed by atoms with Crippen molar-refractivity contribution in [1.82, 2.24) is 4.98 Å². The summed E-state index contributed by atoms with van der Waals surface area (Å²) in [5.74, 6) is 2.08. The Morgan fingerprint density at radius 2 is 2.08 bits per heavy atom. The van der Waals surface area contributed by atoms with Gasteiger partial charge < -0.3 is 10.1 Å². The highest BCUT2D eigenvalue weighted by molar-refractivity contribution is 7.99. The van der Waals surface area contributed by atoms with Gasteiger partial charge in [0, 0.05) is 23.1 Å². The summed E-state index contributed by atoms with van der Waals surface area (Å²) >= 11 is 1.46. The van der Waals surface area contributed by atoms with Gasteiger partial charge in [0.25, 0.3) is 0 Å². The van der Waals surface area contributed by atoms with E-state index >= 15 is 0 Å². The van der Waals surface area contributed by atoms with E-state index in [4.69, 9.17) is 4.74 Å². The second kappa shape index (κ2) is 8.49. The van der Waals surface area contributed by atoms with Crippen LogP contribution in [0.5, 0.6) is 5.75 Å². The van der Waals surface area contributed by atoms with E-state index in [-0.39, 0.29) is 11.7 Å². The lowest BCUT2D eigenvalue weighted by Crippen LogP contribution is -2.16. The maximum atomic E-state index is 12.0. The summed E-state index contributed by atoms with van der Waals surface area (Å²) in [5, 5.41) is 2.80. The van der Waals surface area contributed by atoms with Crippen LogP contribution in [-0.4, -0.2) is 29.5 Å². The van der Waals surface area contributed by atoms with Crippen LogP contribution in [0.3, 0.4) is 0 Å². The van der Waals surface area contributed by atoms with Crippen LogP contribution >= 0.6 is 11.8 Å². The maximum Gasteiger partial charge on any atom is 0.235 e.